The van der Waals surface area contributed by atoms with Gasteiger partial charge in [-0.3, -0.25) is 4.52 Å². The predicted molar refractivity (Wildman–Crippen MR) is 64.7 cm³/mol. The van der Waals surface area contributed by atoms with Crippen molar-refractivity contribution in [3.63, 3.8) is 0 Å². The summed E-state index contributed by atoms with van der Waals surface area (Å²) in [5.41, 5.74) is 0.737. The van der Waals surface area contributed by atoms with E-state index in [1.54, 1.807) is 24.3 Å². The molecule has 1 aromatic carbocycles. The van der Waals surface area contributed by atoms with Gasteiger partial charge in [0.05, 0.1) is 6.61 Å². The first-order valence-electron chi connectivity index (χ1n) is 3.32. The molecule has 0 spiro atoms. The molecule has 72 valence electrons. The summed E-state index contributed by atoms with van der Waals surface area (Å²) >= 11 is 0. The van der Waals surface area contributed by atoms with Crippen LogP contribution in [0, 0.1) is 0 Å². The predicted octanol–water partition coefficient (Wildman–Crippen LogP) is -0.650. The zero-order valence-corrected chi connectivity index (χ0v) is 7.15. The van der Waals surface area contributed by atoms with Crippen molar-refractivity contribution in [3.8, 4) is 0 Å². The Hall–Kier alpha value is 4.24. The summed E-state index contributed by atoms with van der Waals surface area (Å²) in [5.74, 6) is 0. The van der Waals surface area contributed by atoms with E-state index in [0.29, 0.717) is 0 Å². The normalized spacial score (nSPS) is 9.20. The molecule has 0 heterocycles. The third kappa shape index (κ3) is 14.5. The van der Waals surface area contributed by atoms with Gasteiger partial charge >= 0.3 is 162 Å². The maximum atomic E-state index is 10.3. The zero-order valence-electron chi connectivity index (χ0n) is 6.25. The average Bonchev–Trinajstić information content (AvgIpc) is 2.02. The van der Waals surface area contributed by atoms with Crippen LogP contribution in [0.1, 0.15) is 5.56 Å². The van der Waals surface area contributed by atoms with Gasteiger partial charge in [0.1, 0.15) is 0 Å². The summed E-state index contributed by atoms with van der Waals surface area (Å²) in [6, 6.07) is 8.84. The molecule has 0 aliphatic heterocycles. The number of benzene rings is 1. The van der Waals surface area contributed by atoms with Gasteiger partial charge in [0, 0.05) is 0 Å². The van der Waals surface area contributed by atoms with E-state index in [2.05, 4.69) is 4.52 Å². The molecule has 0 saturated heterocycles. The summed E-state index contributed by atoms with van der Waals surface area (Å²) in [6.45, 7) is -0.0644. The Morgan fingerprint density at radius 2 is 1.53 bits per heavy atom. The van der Waals surface area contributed by atoms with Crippen LogP contribution >= 0.6 is 7.82 Å². The van der Waals surface area contributed by atoms with Crippen molar-refractivity contribution in [2.75, 3.05) is 0 Å². The molecule has 8 heteroatoms. The molecule has 0 radical (unpaired) electrons. The Balaban J connectivity index is -0.000000480. The molecule has 0 saturated carbocycles. The van der Waals surface area contributed by atoms with Crippen LogP contribution in [0.2, 0.25) is 0 Å². The second-order valence-electron chi connectivity index (χ2n) is 2.25. The number of hydrogen-bond acceptors (Lipinski definition) is 2. The van der Waals surface area contributed by atoms with Gasteiger partial charge in [0.15, 0.2) is 0 Å². The quantitative estimate of drug-likeness (QED) is 0.575. The van der Waals surface area contributed by atoms with Gasteiger partial charge in [-0.25, -0.2) is 4.57 Å². The van der Waals surface area contributed by atoms with Crippen LogP contribution in [0.5, 0.6) is 0 Å². The van der Waals surface area contributed by atoms with Gasteiger partial charge in [0.2, 0.25) is 0 Å². The van der Waals surface area contributed by atoms with Crippen molar-refractivity contribution in [2.45, 2.75) is 6.61 Å². The van der Waals surface area contributed by atoms with Crippen molar-refractivity contribution in [1.29, 1.82) is 0 Å². The summed E-state index contributed by atoms with van der Waals surface area (Å²) in [6.07, 6.45) is 0. The van der Waals surface area contributed by atoms with Gasteiger partial charge in [-0.05, 0) is 5.56 Å². The number of phosphoric acid groups is 1. The standard InChI is InChI=1S/C7H9O4P.3K.3H/c8-12(9,10)11-6-7-4-2-1-3-5-7;;;;;;/h1-5H,6H2,(H2,8,9,10);;;;;;. The van der Waals surface area contributed by atoms with Crippen LogP contribution in [-0.4, -0.2) is 164 Å². The fraction of sp³-hybridized carbons (Fsp3) is 0.143. The minimum atomic E-state index is -4.33. The van der Waals surface area contributed by atoms with E-state index in [0.717, 1.165) is 5.56 Å². The third-order valence-electron chi connectivity index (χ3n) is 1.24. The van der Waals surface area contributed by atoms with E-state index >= 15 is 0 Å². The molecule has 1 aromatic rings. The molecular weight excluding hydrogens is 296 g/mol. The van der Waals surface area contributed by atoms with E-state index in [1.807, 2.05) is 6.07 Å². The first-order valence-corrected chi connectivity index (χ1v) is 4.85. The van der Waals surface area contributed by atoms with Gasteiger partial charge in [-0.15, -0.1) is 0 Å². The zero-order chi connectivity index (χ0) is 9.03. The molecule has 0 aliphatic carbocycles. The Labute approximate surface area is 217 Å². The number of rotatable bonds is 3. The van der Waals surface area contributed by atoms with Gasteiger partial charge < -0.3 is 9.79 Å². The SMILES string of the molecule is O=P(O)(O)OCc1ccccc1.[KH].[KH].[KH]. The van der Waals surface area contributed by atoms with Crippen molar-refractivity contribution < 1.29 is 18.9 Å². The van der Waals surface area contributed by atoms with E-state index < -0.39 is 7.82 Å². The molecule has 0 unspecified atom stereocenters. The van der Waals surface area contributed by atoms with Gasteiger partial charge in [-0.1, -0.05) is 30.3 Å². The Kier molecular flexibility index (Phi) is 21.4. The van der Waals surface area contributed by atoms with Crippen molar-refractivity contribution >= 4 is 162 Å². The molecule has 0 fully saturated rings. The fourth-order valence-electron chi connectivity index (χ4n) is 0.733. The van der Waals surface area contributed by atoms with E-state index in [4.69, 9.17) is 9.79 Å². The molecule has 0 amide bonds. The molecule has 4 nitrogen and oxygen atoms in total. The van der Waals surface area contributed by atoms with E-state index in [1.165, 1.54) is 0 Å². The summed E-state index contributed by atoms with van der Waals surface area (Å²) in [5, 5.41) is 0. The van der Waals surface area contributed by atoms with Crippen LogP contribution in [0.25, 0.3) is 0 Å². The molecule has 0 atom stereocenters. The van der Waals surface area contributed by atoms with E-state index in [-0.39, 0.29) is 161 Å². The number of hydrogen-bond donors (Lipinski definition) is 2. The second-order valence-corrected chi connectivity index (χ2v) is 3.49. The summed E-state index contributed by atoms with van der Waals surface area (Å²) in [7, 11) is -4.33. The van der Waals surface area contributed by atoms with Crippen LogP contribution in [0.15, 0.2) is 30.3 Å². The number of phosphoric ester groups is 1. The van der Waals surface area contributed by atoms with Gasteiger partial charge in [-0.2, -0.15) is 0 Å². The Morgan fingerprint density at radius 1 is 1.07 bits per heavy atom. The average molecular weight is 308 g/mol. The Bertz CT molecular complexity index is 290. The summed E-state index contributed by atoms with van der Waals surface area (Å²) in [4.78, 5) is 16.7. The summed E-state index contributed by atoms with van der Waals surface area (Å²) < 4.78 is 14.6. The molecule has 1 rings (SSSR count). The first kappa shape index (κ1) is 24.3. The third-order valence-corrected chi connectivity index (χ3v) is 1.71. The fourth-order valence-corrected chi connectivity index (χ4v) is 1.05. The maximum absolute atomic E-state index is 10.3. The molecular formula is C7H12K3O4P. The van der Waals surface area contributed by atoms with Crippen molar-refractivity contribution in [1.82, 2.24) is 0 Å². The minimum absolute atomic E-state index is 0. The molecule has 0 aromatic heterocycles. The molecule has 15 heavy (non-hydrogen) atoms. The van der Waals surface area contributed by atoms with Crippen molar-refractivity contribution in [3.05, 3.63) is 35.9 Å². The van der Waals surface area contributed by atoms with Crippen LogP contribution in [0.3, 0.4) is 0 Å². The second kappa shape index (κ2) is 13.2. The monoisotopic (exact) mass is 308 g/mol. The molecule has 2 N–H and O–H groups in total. The van der Waals surface area contributed by atoms with Crippen LogP contribution < -0.4 is 0 Å². The van der Waals surface area contributed by atoms with Crippen molar-refractivity contribution in [2.24, 2.45) is 0 Å². The first-order chi connectivity index (χ1) is 5.58. The van der Waals surface area contributed by atoms with E-state index in [9.17, 15) is 4.57 Å². The Morgan fingerprint density at radius 3 is 1.93 bits per heavy atom. The van der Waals surface area contributed by atoms with Crippen LogP contribution in [-0.2, 0) is 15.7 Å². The molecule has 0 aliphatic rings. The topological polar surface area (TPSA) is 66.8 Å². The molecule has 0 bridgehead atoms. The van der Waals surface area contributed by atoms with Gasteiger partial charge in [0.25, 0.3) is 0 Å². The van der Waals surface area contributed by atoms with Crippen LogP contribution in [0.4, 0.5) is 0 Å².